The Morgan fingerprint density at radius 2 is 2.00 bits per heavy atom. The van der Waals surface area contributed by atoms with Gasteiger partial charge < -0.3 is 14.6 Å². The fraction of sp³-hybridized carbons (Fsp3) is 0.909. The maximum Gasteiger partial charge on any atom is 0.178 e. The summed E-state index contributed by atoms with van der Waals surface area (Å²) in [4.78, 5) is 11.5. The van der Waals surface area contributed by atoms with Gasteiger partial charge >= 0.3 is 0 Å². The predicted octanol–water partition coefficient (Wildman–Crippen LogP) is 1.01. The second-order valence-corrected chi connectivity index (χ2v) is 4.78. The third kappa shape index (κ3) is 2.38. The van der Waals surface area contributed by atoms with Crippen LogP contribution in [-0.4, -0.2) is 35.0 Å². The second kappa shape index (κ2) is 3.85. The topological polar surface area (TPSA) is 55.8 Å². The van der Waals surface area contributed by atoms with Crippen molar-refractivity contribution in [2.75, 3.05) is 0 Å². The highest BCUT2D eigenvalue weighted by atomic mass is 16.7. The average molecular weight is 214 g/mol. The normalized spacial score (nSPS) is 47.1. The summed E-state index contributed by atoms with van der Waals surface area (Å²) in [6.45, 7) is 3.77. The molecule has 0 aromatic heterocycles. The van der Waals surface area contributed by atoms with E-state index in [1.165, 1.54) is 0 Å². The number of rotatable bonds is 0. The Kier molecular flexibility index (Phi) is 2.83. The number of hydrogen-bond donors (Lipinski definition) is 1. The number of Topliss-reactive ketones (excluding diaryl/α,β-unsaturated/α-hetero) is 1. The molecule has 0 aliphatic carbocycles. The van der Waals surface area contributed by atoms with E-state index in [-0.39, 0.29) is 24.4 Å². The lowest BCUT2D eigenvalue weighted by atomic mass is 9.91. The molecule has 1 spiro atoms. The second-order valence-electron chi connectivity index (χ2n) is 4.78. The molecule has 86 valence electrons. The first-order valence-corrected chi connectivity index (χ1v) is 5.54. The number of carbonyl (C=O) groups is 1. The van der Waals surface area contributed by atoms with Crippen molar-refractivity contribution in [3.63, 3.8) is 0 Å². The van der Waals surface area contributed by atoms with Crippen molar-refractivity contribution in [2.24, 2.45) is 0 Å². The molecule has 0 aromatic rings. The monoisotopic (exact) mass is 214 g/mol. The molecule has 4 heteroatoms. The third-order valence-electron chi connectivity index (χ3n) is 2.96. The van der Waals surface area contributed by atoms with Gasteiger partial charge in [-0.2, -0.15) is 0 Å². The molecule has 4 atom stereocenters. The van der Waals surface area contributed by atoms with E-state index in [2.05, 4.69) is 0 Å². The van der Waals surface area contributed by atoms with Gasteiger partial charge in [0.2, 0.25) is 0 Å². The van der Waals surface area contributed by atoms with Crippen molar-refractivity contribution in [1.29, 1.82) is 0 Å². The van der Waals surface area contributed by atoms with Crippen LogP contribution in [0.4, 0.5) is 0 Å². The molecule has 15 heavy (non-hydrogen) atoms. The van der Waals surface area contributed by atoms with E-state index >= 15 is 0 Å². The van der Waals surface area contributed by atoms with Gasteiger partial charge in [-0.25, -0.2) is 0 Å². The molecule has 2 heterocycles. The van der Waals surface area contributed by atoms with Gasteiger partial charge in [0.1, 0.15) is 5.78 Å². The molecule has 0 saturated carbocycles. The molecule has 0 bridgehead atoms. The molecule has 0 radical (unpaired) electrons. The highest BCUT2D eigenvalue weighted by molar-refractivity contribution is 5.80. The molecule has 1 N–H and O–H groups in total. The van der Waals surface area contributed by atoms with Gasteiger partial charge in [0.05, 0.1) is 24.7 Å². The highest BCUT2D eigenvalue weighted by Gasteiger charge is 2.46. The van der Waals surface area contributed by atoms with E-state index < -0.39 is 11.9 Å². The maximum atomic E-state index is 11.5. The third-order valence-corrected chi connectivity index (χ3v) is 2.96. The van der Waals surface area contributed by atoms with Crippen LogP contribution in [0.1, 0.15) is 39.5 Å². The summed E-state index contributed by atoms with van der Waals surface area (Å²) >= 11 is 0. The average Bonchev–Trinajstić information content (AvgIpc) is 1.96. The molecular weight excluding hydrogens is 196 g/mol. The lowest BCUT2D eigenvalue weighted by molar-refractivity contribution is -0.313. The Bertz CT molecular complexity index is 248. The van der Waals surface area contributed by atoms with Crippen LogP contribution in [0.25, 0.3) is 0 Å². The molecule has 2 aliphatic rings. The molecule has 2 rings (SSSR count). The van der Waals surface area contributed by atoms with Gasteiger partial charge in [-0.15, -0.1) is 0 Å². The number of ketones is 1. The first-order valence-electron chi connectivity index (χ1n) is 5.54. The summed E-state index contributed by atoms with van der Waals surface area (Å²) in [5, 5.41) is 9.70. The van der Waals surface area contributed by atoms with Crippen molar-refractivity contribution < 1.29 is 19.4 Å². The lowest BCUT2D eigenvalue weighted by Gasteiger charge is -2.45. The molecule has 2 fully saturated rings. The van der Waals surface area contributed by atoms with E-state index in [0.29, 0.717) is 19.3 Å². The fourth-order valence-electron chi connectivity index (χ4n) is 2.62. The summed E-state index contributed by atoms with van der Waals surface area (Å²) in [5.41, 5.74) is 0. The van der Waals surface area contributed by atoms with Crippen LogP contribution in [0.5, 0.6) is 0 Å². The van der Waals surface area contributed by atoms with Crippen LogP contribution in [0.3, 0.4) is 0 Å². The Morgan fingerprint density at radius 3 is 2.60 bits per heavy atom. The first kappa shape index (κ1) is 11.0. The van der Waals surface area contributed by atoms with Gasteiger partial charge in [-0.3, -0.25) is 4.79 Å². The van der Waals surface area contributed by atoms with Gasteiger partial charge in [0.25, 0.3) is 0 Å². The van der Waals surface area contributed by atoms with Crippen molar-refractivity contribution in [3.8, 4) is 0 Å². The lowest BCUT2D eigenvalue weighted by Crippen LogP contribution is -2.52. The fourth-order valence-corrected chi connectivity index (χ4v) is 2.62. The van der Waals surface area contributed by atoms with E-state index in [0.717, 1.165) is 0 Å². The Morgan fingerprint density at radius 1 is 1.33 bits per heavy atom. The number of ether oxygens (including phenoxy) is 2. The van der Waals surface area contributed by atoms with Gasteiger partial charge in [-0.05, 0) is 20.3 Å². The zero-order chi connectivity index (χ0) is 11.1. The van der Waals surface area contributed by atoms with Crippen molar-refractivity contribution >= 4 is 5.78 Å². The molecule has 0 unspecified atom stereocenters. The number of aliphatic hydroxyl groups excluding tert-OH is 1. The van der Waals surface area contributed by atoms with Gasteiger partial charge in [-0.1, -0.05) is 0 Å². The zero-order valence-corrected chi connectivity index (χ0v) is 9.23. The van der Waals surface area contributed by atoms with Crippen LogP contribution in [0.15, 0.2) is 0 Å². The predicted molar refractivity (Wildman–Crippen MR) is 53.3 cm³/mol. The standard InChI is InChI=1S/C11H18O4/c1-7-3-9(12)5-11(14-7)6-10(13)4-8(2)15-11/h7-9,12H,3-6H2,1-2H3/t7-,8+,9-,11-/m0/s1. The van der Waals surface area contributed by atoms with Gasteiger partial charge in [0, 0.05) is 12.8 Å². The molecular formula is C11H18O4. The largest absolute Gasteiger partial charge is 0.393 e. The number of aliphatic hydroxyl groups is 1. The van der Waals surface area contributed by atoms with Gasteiger partial charge in [0.15, 0.2) is 5.79 Å². The molecule has 0 amide bonds. The summed E-state index contributed by atoms with van der Waals surface area (Å²) in [6.07, 6.45) is 1.18. The highest BCUT2D eigenvalue weighted by Crippen LogP contribution is 2.37. The smallest absolute Gasteiger partial charge is 0.178 e. The summed E-state index contributed by atoms with van der Waals surface area (Å²) in [7, 11) is 0. The first-order chi connectivity index (χ1) is 6.99. The van der Waals surface area contributed by atoms with Crippen molar-refractivity contribution in [1.82, 2.24) is 0 Å². The SMILES string of the molecule is C[C@@H]1CC(=O)C[C@]2(C[C@@H](O)C[C@H](C)O2)O1. The summed E-state index contributed by atoms with van der Waals surface area (Å²) in [6, 6.07) is 0. The van der Waals surface area contributed by atoms with Crippen LogP contribution in [0, 0.1) is 0 Å². The Hall–Kier alpha value is -0.450. The zero-order valence-electron chi connectivity index (χ0n) is 9.23. The van der Waals surface area contributed by atoms with Crippen molar-refractivity contribution in [2.45, 2.75) is 63.6 Å². The van der Waals surface area contributed by atoms with Crippen LogP contribution in [-0.2, 0) is 14.3 Å². The molecule has 4 nitrogen and oxygen atoms in total. The molecule has 0 aromatic carbocycles. The molecule has 2 aliphatic heterocycles. The van der Waals surface area contributed by atoms with E-state index in [4.69, 9.17) is 9.47 Å². The number of hydrogen-bond acceptors (Lipinski definition) is 4. The minimum atomic E-state index is -0.855. The van der Waals surface area contributed by atoms with E-state index in [9.17, 15) is 9.90 Å². The minimum absolute atomic E-state index is 0.0492. The quantitative estimate of drug-likeness (QED) is 0.654. The molecule has 2 saturated heterocycles. The Balaban J connectivity index is 2.13. The Labute approximate surface area is 89.6 Å². The van der Waals surface area contributed by atoms with Crippen LogP contribution in [0.2, 0.25) is 0 Å². The summed E-state index contributed by atoms with van der Waals surface area (Å²) < 4.78 is 11.4. The van der Waals surface area contributed by atoms with Crippen LogP contribution < -0.4 is 0 Å². The van der Waals surface area contributed by atoms with E-state index in [1.54, 1.807) is 0 Å². The minimum Gasteiger partial charge on any atom is -0.393 e. The van der Waals surface area contributed by atoms with Crippen molar-refractivity contribution in [3.05, 3.63) is 0 Å². The van der Waals surface area contributed by atoms with Crippen LogP contribution >= 0.6 is 0 Å². The summed E-state index contributed by atoms with van der Waals surface area (Å²) in [5.74, 6) is -0.693. The number of carbonyl (C=O) groups excluding carboxylic acids is 1. The maximum absolute atomic E-state index is 11.5. The van der Waals surface area contributed by atoms with E-state index in [1.807, 2.05) is 13.8 Å².